The highest BCUT2D eigenvalue weighted by Gasteiger charge is 2.10. The van der Waals surface area contributed by atoms with Gasteiger partial charge in [0.25, 0.3) is 0 Å². The summed E-state index contributed by atoms with van der Waals surface area (Å²) in [5.74, 6) is 0.528. The van der Waals surface area contributed by atoms with E-state index in [0.29, 0.717) is 12.2 Å². The van der Waals surface area contributed by atoms with Crippen LogP contribution in [0, 0.1) is 0 Å². The van der Waals surface area contributed by atoms with E-state index in [-0.39, 0.29) is 6.04 Å². The average molecular weight is 293 g/mol. The van der Waals surface area contributed by atoms with Crippen molar-refractivity contribution >= 4 is 21.7 Å². The number of aromatic nitrogens is 2. The van der Waals surface area contributed by atoms with Gasteiger partial charge in [0, 0.05) is 16.9 Å². The van der Waals surface area contributed by atoms with E-state index in [0.717, 1.165) is 15.7 Å². The van der Waals surface area contributed by atoms with Crippen LogP contribution in [-0.2, 0) is 6.42 Å². The van der Waals surface area contributed by atoms with E-state index in [1.165, 1.54) is 0 Å². The van der Waals surface area contributed by atoms with Gasteiger partial charge in [0.1, 0.15) is 5.82 Å². The van der Waals surface area contributed by atoms with Gasteiger partial charge < -0.3 is 11.5 Å². The molecule has 0 saturated heterocycles. The molecule has 2 heterocycles. The molecular weight excluding hydrogens is 280 g/mol. The Bertz CT molecular complexity index is 498. The van der Waals surface area contributed by atoms with Crippen LogP contribution < -0.4 is 11.5 Å². The quantitative estimate of drug-likeness (QED) is 0.908. The highest BCUT2D eigenvalue weighted by atomic mass is 79.9. The summed E-state index contributed by atoms with van der Waals surface area (Å²) in [4.78, 5) is 8.31. The molecule has 4 N–H and O–H groups in total. The van der Waals surface area contributed by atoms with Gasteiger partial charge in [-0.2, -0.15) is 0 Å². The minimum atomic E-state index is -0.172. The first-order valence-electron chi connectivity index (χ1n) is 5.23. The number of hydrogen-bond donors (Lipinski definition) is 2. The molecule has 0 aliphatic carbocycles. The Kier molecular flexibility index (Phi) is 3.71. The standard InChI is InChI=1S/C12H13BrN4/c13-9-3-4-11(17-7-9)10(14)6-8-2-1-5-16-12(8)15/h1-5,7,10H,6,14H2,(H2,15,16). The summed E-state index contributed by atoms with van der Waals surface area (Å²) in [6.45, 7) is 0. The van der Waals surface area contributed by atoms with Crippen molar-refractivity contribution in [3.8, 4) is 0 Å². The number of nitrogens with two attached hydrogens (primary N) is 2. The molecule has 0 amide bonds. The maximum atomic E-state index is 6.08. The Morgan fingerprint density at radius 3 is 2.71 bits per heavy atom. The average Bonchev–Trinajstić information content (AvgIpc) is 2.33. The van der Waals surface area contributed by atoms with Crippen molar-refractivity contribution in [3.05, 3.63) is 52.4 Å². The Morgan fingerprint density at radius 1 is 1.24 bits per heavy atom. The molecule has 2 aromatic rings. The van der Waals surface area contributed by atoms with Crippen LogP contribution in [0.25, 0.3) is 0 Å². The van der Waals surface area contributed by atoms with Crippen LogP contribution in [0.4, 0.5) is 5.82 Å². The van der Waals surface area contributed by atoms with Gasteiger partial charge in [0.2, 0.25) is 0 Å². The smallest absolute Gasteiger partial charge is 0.126 e. The van der Waals surface area contributed by atoms with Crippen molar-refractivity contribution in [2.75, 3.05) is 5.73 Å². The fraction of sp³-hybridized carbons (Fsp3) is 0.167. The number of nitrogens with zero attached hydrogens (tertiary/aromatic N) is 2. The van der Waals surface area contributed by atoms with Gasteiger partial charge in [-0.05, 0) is 46.1 Å². The largest absolute Gasteiger partial charge is 0.383 e. The zero-order chi connectivity index (χ0) is 12.3. The lowest BCUT2D eigenvalue weighted by atomic mass is 10.0. The molecule has 0 aliphatic rings. The van der Waals surface area contributed by atoms with E-state index < -0.39 is 0 Å². The summed E-state index contributed by atoms with van der Waals surface area (Å²) in [5, 5.41) is 0. The van der Waals surface area contributed by atoms with E-state index >= 15 is 0 Å². The molecule has 1 unspecified atom stereocenters. The van der Waals surface area contributed by atoms with Crippen LogP contribution in [0.2, 0.25) is 0 Å². The second kappa shape index (κ2) is 5.25. The first-order chi connectivity index (χ1) is 8.16. The zero-order valence-corrected chi connectivity index (χ0v) is 10.8. The first-order valence-corrected chi connectivity index (χ1v) is 6.02. The Hall–Kier alpha value is -1.46. The van der Waals surface area contributed by atoms with E-state index in [2.05, 4.69) is 25.9 Å². The Balaban J connectivity index is 2.14. The first kappa shape index (κ1) is 12.0. The topological polar surface area (TPSA) is 77.8 Å². The van der Waals surface area contributed by atoms with Crippen molar-refractivity contribution in [3.63, 3.8) is 0 Å². The van der Waals surface area contributed by atoms with Crippen LogP contribution in [0.3, 0.4) is 0 Å². The minimum absolute atomic E-state index is 0.172. The zero-order valence-electron chi connectivity index (χ0n) is 9.18. The summed E-state index contributed by atoms with van der Waals surface area (Å²) in [6, 6.07) is 7.44. The fourth-order valence-corrected chi connectivity index (χ4v) is 1.81. The molecule has 1 atom stereocenters. The molecular formula is C12H13BrN4. The summed E-state index contributed by atoms with van der Waals surface area (Å²) in [6.07, 6.45) is 4.04. The van der Waals surface area contributed by atoms with Crippen LogP contribution >= 0.6 is 15.9 Å². The second-order valence-corrected chi connectivity index (χ2v) is 4.68. The minimum Gasteiger partial charge on any atom is -0.383 e. The number of rotatable bonds is 3. The van der Waals surface area contributed by atoms with Gasteiger partial charge in [-0.3, -0.25) is 4.98 Å². The normalized spacial score (nSPS) is 12.4. The predicted octanol–water partition coefficient (Wildman–Crippen LogP) is 2.06. The van der Waals surface area contributed by atoms with Crippen LogP contribution in [0.1, 0.15) is 17.3 Å². The molecule has 0 saturated carbocycles. The lowest BCUT2D eigenvalue weighted by molar-refractivity contribution is 0.695. The third kappa shape index (κ3) is 3.01. The molecule has 2 aromatic heterocycles. The van der Waals surface area contributed by atoms with Gasteiger partial charge in [-0.25, -0.2) is 4.98 Å². The summed E-state index contributed by atoms with van der Waals surface area (Å²) >= 11 is 3.34. The monoisotopic (exact) mass is 292 g/mol. The SMILES string of the molecule is Nc1ncccc1CC(N)c1ccc(Br)cn1. The molecule has 0 fully saturated rings. The molecule has 0 aromatic carbocycles. The van der Waals surface area contributed by atoms with Gasteiger partial charge in [0.15, 0.2) is 0 Å². The molecule has 0 spiro atoms. The predicted molar refractivity (Wildman–Crippen MR) is 71.2 cm³/mol. The van der Waals surface area contributed by atoms with Crippen molar-refractivity contribution in [1.29, 1.82) is 0 Å². The molecule has 0 bridgehead atoms. The lowest BCUT2D eigenvalue weighted by Crippen LogP contribution is -2.15. The molecule has 0 radical (unpaired) electrons. The third-order valence-corrected chi connectivity index (χ3v) is 2.97. The van der Waals surface area contributed by atoms with Crippen molar-refractivity contribution in [2.45, 2.75) is 12.5 Å². The van der Waals surface area contributed by atoms with Gasteiger partial charge >= 0.3 is 0 Å². The van der Waals surface area contributed by atoms with E-state index in [1.54, 1.807) is 12.4 Å². The Morgan fingerprint density at radius 2 is 2.06 bits per heavy atom. The number of nitrogen functional groups attached to an aromatic ring is 1. The summed E-state index contributed by atoms with van der Waals surface area (Å²) in [7, 11) is 0. The number of halogens is 1. The van der Waals surface area contributed by atoms with Crippen molar-refractivity contribution in [1.82, 2.24) is 9.97 Å². The van der Waals surface area contributed by atoms with Gasteiger partial charge in [-0.1, -0.05) is 6.07 Å². The highest BCUT2D eigenvalue weighted by Crippen LogP contribution is 2.18. The van der Waals surface area contributed by atoms with Crippen LogP contribution in [0.15, 0.2) is 41.1 Å². The highest BCUT2D eigenvalue weighted by molar-refractivity contribution is 9.10. The fourth-order valence-electron chi connectivity index (χ4n) is 1.57. The lowest BCUT2D eigenvalue weighted by Gasteiger charge is -2.12. The molecule has 0 aliphatic heterocycles. The molecule has 88 valence electrons. The van der Waals surface area contributed by atoms with Gasteiger partial charge in [0.05, 0.1) is 11.7 Å². The van der Waals surface area contributed by atoms with Crippen molar-refractivity contribution < 1.29 is 0 Å². The maximum Gasteiger partial charge on any atom is 0.126 e. The maximum absolute atomic E-state index is 6.08. The number of hydrogen-bond acceptors (Lipinski definition) is 4. The summed E-state index contributed by atoms with van der Waals surface area (Å²) in [5.41, 5.74) is 13.7. The molecule has 17 heavy (non-hydrogen) atoms. The van der Waals surface area contributed by atoms with E-state index in [1.807, 2.05) is 24.3 Å². The van der Waals surface area contributed by atoms with Gasteiger partial charge in [-0.15, -0.1) is 0 Å². The Labute approximate surface area is 108 Å². The second-order valence-electron chi connectivity index (χ2n) is 3.76. The molecule has 5 heteroatoms. The number of pyridine rings is 2. The van der Waals surface area contributed by atoms with E-state index in [4.69, 9.17) is 11.5 Å². The van der Waals surface area contributed by atoms with Crippen LogP contribution in [0.5, 0.6) is 0 Å². The third-order valence-electron chi connectivity index (χ3n) is 2.50. The van der Waals surface area contributed by atoms with E-state index in [9.17, 15) is 0 Å². The van der Waals surface area contributed by atoms with Crippen LogP contribution in [-0.4, -0.2) is 9.97 Å². The number of anilines is 1. The summed E-state index contributed by atoms with van der Waals surface area (Å²) < 4.78 is 0.939. The van der Waals surface area contributed by atoms with Crippen molar-refractivity contribution in [2.24, 2.45) is 5.73 Å². The molecule has 4 nitrogen and oxygen atoms in total. The molecule has 2 rings (SSSR count).